The van der Waals surface area contributed by atoms with E-state index < -0.39 is 16.7 Å². The second-order valence-corrected chi connectivity index (χ2v) is 5.48. The van der Waals surface area contributed by atoms with Crippen LogP contribution in [0.1, 0.15) is 23.3 Å². The molecule has 1 aliphatic rings. The minimum Gasteiger partial charge on any atom is -0.385 e. The molecule has 1 heterocycles. The average molecular weight is 258 g/mol. The molecular formula is C12H9F3OS. The summed E-state index contributed by atoms with van der Waals surface area (Å²) in [5.41, 5.74) is -0.0781. The molecule has 1 aromatic carbocycles. The molecule has 1 fully saturated rings. The van der Waals surface area contributed by atoms with Crippen molar-refractivity contribution in [3.8, 4) is 0 Å². The monoisotopic (exact) mass is 258 g/mol. The predicted octanol–water partition coefficient (Wildman–Crippen LogP) is 3.90. The van der Waals surface area contributed by atoms with Crippen molar-refractivity contribution in [2.24, 2.45) is 0 Å². The first-order valence-electron chi connectivity index (χ1n) is 5.22. The molecule has 1 N–H and O–H groups in total. The van der Waals surface area contributed by atoms with Crippen LogP contribution in [-0.4, -0.2) is 5.11 Å². The Kier molecular flexibility index (Phi) is 2.10. The molecule has 0 spiro atoms. The van der Waals surface area contributed by atoms with Crippen LogP contribution in [0.3, 0.4) is 0 Å². The van der Waals surface area contributed by atoms with Crippen LogP contribution in [-0.2, 0) is 11.8 Å². The molecule has 5 heteroatoms. The summed E-state index contributed by atoms with van der Waals surface area (Å²) in [5.74, 6) is 0. The summed E-state index contributed by atoms with van der Waals surface area (Å²) in [6, 6.07) is 6.18. The van der Waals surface area contributed by atoms with Crippen molar-refractivity contribution in [1.82, 2.24) is 0 Å². The van der Waals surface area contributed by atoms with Gasteiger partial charge in [0.15, 0.2) is 0 Å². The minimum absolute atomic E-state index is 0.556. The summed E-state index contributed by atoms with van der Waals surface area (Å²) in [6.45, 7) is 0. The van der Waals surface area contributed by atoms with Gasteiger partial charge in [0.1, 0.15) is 4.88 Å². The third-order valence-electron chi connectivity index (χ3n) is 3.06. The number of hydrogen-bond donors (Lipinski definition) is 1. The van der Waals surface area contributed by atoms with Crippen LogP contribution in [0.2, 0.25) is 0 Å². The first-order chi connectivity index (χ1) is 7.88. The van der Waals surface area contributed by atoms with Gasteiger partial charge >= 0.3 is 6.18 Å². The van der Waals surface area contributed by atoms with Crippen molar-refractivity contribution >= 4 is 21.4 Å². The highest BCUT2D eigenvalue weighted by molar-refractivity contribution is 7.19. The van der Waals surface area contributed by atoms with Gasteiger partial charge in [-0.25, -0.2) is 0 Å². The maximum Gasteiger partial charge on any atom is 0.425 e. The molecule has 1 nitrogen and oxygen atoms in total. The van der Waals surface area contributed by atoms with Crippen molar-refractivity contribution in [3.05, 3.63) is 34.7 Å². The van der Waals surface area contributed by atoms with Crippen LogP contribution in [0.4, 0.5) is 13.2 Å². The van der Waals surface area contributed by atoms with E-state index in [4.69, 9.17) is 0 Å². The van der Waals surface area contributed by atoms with Gasteiger partial charge in [-0.05, 0) is 42.0 Å². The van der Waals surface area contributed by atoms with Gasteiger partial charge in [0, 0.05) is 4.70 Å². The molecule has 1 saturated carbocycles. The molecule has 2 aromatic rings. The van der Waals surface area contributed by atoms with Gasteiger partial charge in [0.2, 0.25) is 0 Å². The number of hydrogen-bond acceptors (Lipinski definition) is 2. The van der Waals surface area contributed by atoms with Crippen molar-refractivity contribution in [3.63, 3.8) is 0 Å². The minimum atomic E-state index is -4.29. The van der Waals surface area contributed by atoms with E-state index in [-0.39, 0.29) is 0 Å². The SMILES string of the molecule is OC1(c2ccc3sc(C(F)(F)F)cc3c2)CC1. The summed E-state index contributed by atoms with van der Waals surface area (Å²) >= 11 is 0.737. The molecule has 90 valence electrons. The zero-order valence-corrected chi connectivity index (χ0v) is 9.53. The summed E-state index contributed by atoms with van der Waals surface area (Å²) in [7, 11) is 0. The van der Waals surface area contributed by atoms with Gasteiger partial charge in [-0.3, -0.25) is 0 Å². The fourth-order valence-electron chi connectivity index (χ4n) is 1.88. The zero-order chi connectivity index (χ0) is 12.3. The fourth-order valence-corrected chi connectivity index (χ4v) is 2.79. The highest BCUT2D eigenvalue weighted by atomic mass is 32.1. The summed E-state index contributed by atoms with van der Waals surface area (Å²) in [6.07, 6.45) is -2.91. The normalized spacial score (nSPS) is 18.6. The quantitative estimate of drug-likeness (QED) is 0.822. The smallest absolute Gasteiger partial charge is 0.385 e. The van der Waals surface area contributed by atoms with Gasteiger partial charge in [-0.1, -0.05) is 6.07 Å². The number of thiophene rings is 1. The molecule has 3 rings (SSSR count). The number of halogens is 3. The molecule has 0 bridgehead atoms. The Morgan fingerprint density at radius 3 is 2.47 bits per heavy atom. The lowest BCUT2D eigenvalue weighted by Crippen LogP contribution is -2.03. The van der Waals surface area contributed by atoms with E-state index in [1.807, 2.05) is 0 Å². The Morgan fingerprint density at radius 1 is 1.18 bits per heavy atom. The third kappa shape index (κ3) is 1.83. The molecule has 0 atom stereocenters. The molecule has 1 aromatic heterocycles. The molecule has 1 aliphatic carbocycles. The molecule has 0 aliphatic heterocycles. The Morgan fingerprint density at radius 2 is 1.88 bits per heavy atom. The molecule has 0 amide bonds. The van der Waals surface area contributed by atoms with Crippen molar-refractivity contribution in [2.45, 2.75) is 24.6 Å². The van der Waals surface area contributed by atoms with E-state index in [2.05, 4.69) is 0 Å². The topological polar surface area (TPSA) is 20.2 Å². The van der Waals surface area contributed by atoms with Gasteiger partial charge in [0.05, 0.1) is 5.60 Å². The largest absolute Gasteiger partial charge is 0.425 e. The van der Waals surface area contributed by atoms with Gasteiger partial charge in [-0.15, -0.1) is 11.3 Å². The van der Waals surface area contributed by atoms with E-state index >= 15 is 0 Å². The Hall–Kier alpha value is -1.07. The van der Waals surface area contributed by atoms with Crippen LogP contribution >= 0.6 is 11.3 Å². The maximum absolute atomic E-state index is 12.5. The van der Waals surface area contributed by atoms with Crippen LogP contribution in [0.25, 0.3) is 10.1 Å². The standard InChI is InChI=1S/C12H9F3OS/c13-12(14,15)10-6-7-5-8(11(16)3-4-11)1-2-9(7)17-10/h1-2,5-6,16H,3-4H2. The van der Waals surface area contributed by atoms with E-state index in [0.717, 1.165) is 23.0 Å². The predicted molar refractivity (Wildman–Crippen MR) is 60.0 cm³/mol. The Balaban J connectivity index is 2.11. The van der Waals surface area contributed by atoms with Gasteiger partial charge < -0.3 is 5.11 Å². The van der Waals surface area contributed by atoms with Crippen LogP contribution < -0.4 is 0 Å². The Bertz CT molecular complexity index is 578. The lowest BCUT2D eigenvalue weighted by molar-refractivity contribution is -0.134. The third-order valence-corrected chi connectivity index (χ3v) is 4.22. The van der Waals surface area contributed by atoms with E-state index in [1.165, 1.54) is 0 Å². The Labute approximate surface area is 99.5 Å². The highest BCUT2D eigenvalue weighted by Gasteiger charge is 2.42. The number of alkyl halides is 3. The van der Waals surface area contributed by atoms with E-state index in [0.29, 0.717) is 22.9 Å². The van der Waals surface area contributed by atoms with E-state index in [1.54, 1.807) is 18.2 Å². The molecule has 17 heavy (non-hydrogen) atoms. The fraction of sp³-hybridized carbons (Fsp3) is 0.333. The van der Waals surface area contributed by atoms with Crippen molar-refractivity contribution in [1.29, 1.82) is 0 Å². The van der Waals surface area contributed by atoms with E-state index in [9.17, 15) is 18.3 Å². The lowest BCUT2D eigenvalue weighted by atomic mass is 10.1. The summed E-state index contributed by atoms with van der Waals surface area (Å²) in [5, 5.41) is 10.5. The molecule has 0 unspecified atom stereocenters. The number of benzene rings is 1. The van der Waals surface area contributed by atoms with Gasteiger partial charge in [0.25, 0.3) is 0 Å². The number of rotatable bonds is 1. The second-order valence-electron chi connectivity index (χ2n) is 4.39. The maximum atomic E-state index is 12.5. The van der Waals surface area contributed by atoms with Crippen LogP contribution in [0, 0.1) is 0 Å². The lowest BCUT2D eigenvalue weighted by Gasteiger charge is -2.06. The second kappa shape index (κ2) is 3.23. The van der Waals surface area contributed by atoms with Crippen molar-refractivity contribution in [2.75, 3.05) is 0 Å². The number of fused-ring (bicyclic) bond motifs is 1. The first-order valence-corrected chi connectivity index (χ1v) is 6.04. The number of aliphatic hydroxyl groups is 1. The zero-order valence-electron chi connectivity index (χ0n) is 8.71. The molecular weight excluding hydrogens is 249 g/mol. The first kappa shape index (κ1) is 11.0. The molecule has 0 saturated heterocycles. The summed E-state index contributed by atoms with van der Waals surface area (Å²) < 4.78 is 38.2. The summed E-state index contributed by atoms with van der Waals surface area (Å²) in [4.78, 5) is -0.590. The van der Waals surface area contributed by atoms with Crippen LogP contribution in [0.5, 0.6) is 0 Å². The van der Waals surface area contributed by atoms with Crippen LogP contribution in [0.15, 0.2) is 24.3 Å². The highest BCUT2D eigenvalue weighted by Crippen LogP contribution is 2.47. The van der Waals surface area contributed by atoms with Gasteiger partial charge in [-0.2, -0.15) is 13.2 Å². The van der Waals surface area contributed by atoms with Crippen molar-refractivity contribution < 1.29 is 18.3 Å². The molecule has 0 radical (unpaired) electrons. The average Bonchev–Trinajstić information content (AvgIpc) is 2.85.